The first-order chi connectivity index (χ1) is 7.22. The number of Topliss-reactive ketones (excluding diaryl/α,β-unsaturated/α-hetero) is 2. The summed E-state index contributed by atoms with van der Waals surface area (Å²) in [6.45, 7) is 0. The summed E-state index contributed by atoms with van der Waals surface area (Å²) in [5.41, 5.74) is 0.472. The standard InChI is InChI=1S/C11H7NO3/c12-6-9(14)11-5-8(13)7-3-1-2-4-10(7)15-11/h1-4,11H,5H2. The lowest BCUT2D eigenvalue weighted by Crippen LogP contribution is -2.33. The minimum atomic E-state index is -0.947. The van der Waals surface area contributed by atoms with E-state index in [1.807, 2.05) is 0 Å². The molecule has 0 saturated carbocycles. The Labute approximate surface area is 86.1 Å². The zero-order valence-electron chi connectivity index (χ0n) is 7.77. The molecule has 0 aromatic heterocycles. The molecular weight excluding hydrogens is 194 g/mol. The zero-order chi connectivity index (χ0) is 10.8. The molecule has 0 spiro atoms. The van der Waals surface area contributed by atoms with E-state index in [0.717, 1.165) is 0 Å². The summed E-state index contributed by atoms with van der Waals surface area (Å²) in [6.07, 6.45) is -0.999. The van der Waals surface area contributed by atoms with Crippen LogP contribution in [0.4, 0.5) is 0 Å². The van der Waals surface area contributed by atoms with Gasteiger partial charge >= 0.3 is 0 Å². The number of fused-ring (bicyclic) bond motifs is 1. The van der Waals surface area contributed by atoms with Crippen LogP contribution >= 0.6 is 0 Å². The van der Waals surface area contributed by atoms with Gasteiger partial charge in [-0.05, 0) is 12.1 Å². The molecule has 1 aromatic rings. The molecule has 1 aromatic carbocycles. The molecule has 1 atom stereocenters. The molecule has 0 amide bonds. The second-order valence-electron chi connectivity index (χ2n) is 3.21. The second kappa shape index (κ2) is 3.54. The highest BCUT2D eigenvalue weighted by molar-refractivity contribution is 6.06. The highest BCUT2D eigenvalue weighted by Crippen LogP contribution is 2.27. The average Bonchev–Trinajstić information content (AvgIpc) is 2.28. The van der Waals surface area contributed by atoms with Crippen molar-refractivity contribution >= 4 is 11.6 Å². The minimum absolute atomic E-state index is 0.0522. The largest absolute Gasteiger partial charge is 0.480 e. The van der Waals surface area contributed by atoms with Crippen molar-refractivity contribution in [1.29, 1.82) is 5.26 Å². The molecule has 0 radical (unpaired) electrons. The summed E-state index contributed by atoms with van der Waals surface area (Å²) in [5.74, 6) is -0.495. The van der Waals surface area contributed by atoms with Gasteiger partial charge in [0.2, 0.25) is 0 Å². The number of hydrogen-bond acceptors (Lipinski definition) is 4. The van der Waals surface area contributed by atoms with E-state index in [-0.39, 0.29) is 12.2 Å². The first kappa shape index (κ1) is 9.41. The zero-order valence-corrected chi connectivity index (χ0v) is 7.77. The van der Waals surface area contributed by atoms with Crippen LogP contribution in [0, 0.1) is 11.3 Å². The molecule has 0 bridgehead atoms. The Kier molecular flexibility index (Phi) is 2.22. The quantitative estimate of drug-likeness (QED) is 0.638. The molecule has 0 aliphatic carbocycles. The number of nitrogens with zero attached hydrogens (tertiary/aromatic N) is 1. The Morgan fingerprint density at radius 2 is 2.20 bits per heavy atom. The molecule has 0 saturated heterocycles. The van der Waals surface area contributed by atoms with Crippen molar-refractivity contribution in [2.45, 2.75) is 12.5 Å². The topological polar surface area (TPSA) is 67.2 Å². The van der Waals surface area contributed by atoms with Gasteiger partial charge in [-0.1, -0.05) is 12.1 Å². The van der Waals surface area contributed by atoms with Gasteiger partial charge in [-0.3, -0.25) is 9.59 Å². The Hall–Kier alpha value is -2.15. The molecule has 1 aliphatic heterocycles. The highest BCUT2D eigenvalue weighted by Gasteiger charge is 2.30. The van der Waals surface area contributed by atoms with Gasteiger partial charge in [0.1, 0.15) is 11.8 Å². The third-order valence-electron chi connectivity index (χ3n) is 2.23. The van der Waals surface area contributed by atoms with Crippen LogP contribution in [0.25, 0.3) is 0 Å². The minimum Gasteiger partial charge on any atom is -0.480 e. The second-order valence-corrected chi connectivity index (χ2v) is 3.21. The number of benzene rings is 1. The fraction of sp³-hybridized carbons (Fsp3) is 0.182. The molecular formula is C11H7NO3. The number of rotatable bonds is 1. The summed E-state index contributed by atoms with van der Waals surface area (Å²) in [4.78, 5) is 22.7. The van der Waals surface area contributed by atoms with Crippen LogP contribution < -0.4 is 4.74 Å². The van der Waals surface area contributed by atoms with Crippen LogP contribution in [-0.4, -0.2) is 17.7 Å². The van der Waals surface area contributed by atoms with Crippen molar-refractivity contribution in [2.24, 2.45) is 0 Å². The smallest absolute Gasteiger partial charge is 0.272 e. The average molecular weight is 201 g/mol. The third-order valence-corrected chi connectivity index (χ3v) is 2.23. The first-order valence-electron chi connectivity index (χ1n) is 4.45. The number of hydrogen-bond donors (Lipinski definition) is 0. The van der Waals surface area contributed by atoms with E-state index in [0.29, 0.717) is 11.3 Å². The van der Waals surface area contributed by atoms with E-state index >= 15 is 0 Å². The number of carbonyl (C=O) groups is 2. The predicted molar refractivity (Wildman–Crippen MR) is 50.4 cm³/mol. The van der Waals surface area contributed by atoms with Crippen molar-refractivity contribution in [1.82, 2.24) is 0 Å². The monoisotopic (exact) mass is 201 g/mol. The van der Waals surface area contributed by atoms with Gasteiger partial charge < -0.3 is 4.74 Å². The van der Waals surface area contributed by atoms with E-state index in [2.05, 4.69) is 0 Å². The van der Waals surface area contributed by atoms with Gasteiger partial charge in [0, 0.05) is 0 Å². The van der Waals surface area contributed by atoms with E-state index in [1.165, 1.54) is 6.07 Å². The van der Waals surface area contributed by atoms with Gasteiger partial charge in [-0.2, -0.15) is 5.26 Å². The van der Waals surface area contributed by atoms with Gasteiger partial charge in [-0.25, -0.2) is 0 Å². The Morgan fingerprint density at radius 1 is 1.47 bits per heavy atom. The summed E-state index contributed by atoms with van der Waals surface area (Å²) < 4.78 is 5.26. The Bertz CT molecular complexity index is 473. The number of carbonyl (C=O) groups excluding carboxylic acids is 2. The van der Waals surface area contributed by atoms with Crippen LogP contribution in [-0.2, 0) is 4.79 Å². The normalized spacial score (nSPS) is 18.6. The van der Waals surface area contributed by atoms with Gasteiger partial charge in [0.05, 0.1) is 12.0 Å². The molecule has 0 N–H and O–H groups in total. The van der Waals surface area contributed by atoms with E-state index in [4.69, 9.17) is 10.00 Å². The van der Waals surface area contributed by atoms with Crippen LogP contribution in [0.5, 0.6) is 5.75 Å². The SMILES string of the molecule is N#CC(=O)C1CC(=O)c2ccccc2O1. The van der Waals surface area contributed by atoms with Gasteiger partial charge in [0.25, 0.3) is 5.78 Å². The fourth-order valence-electron chi connectivity index (χ4n) is 1.49. The molecule has 1 unspecified atom stereocenters. The summed E-state index contributed by atoms with van der Waals surface area (Å²) >= 11 is 0. The Balaban J connectivity index is 2.35. The van der Waals surface area contributed by atoms with Crippen molar-refractivity contribution in [2.75, 3.05) is 0 Å². The number of ketones is 2. The maximum absolute atomic E-state index is 11.6. The highest BCUT2D eigenvalue weighted by atomic mass is 16.5. The van der Waals surface area contributed by atoms with Crippen LogP contribution in [0.15, 0.2) is 24.3 Å². The molecule has 1 aliphatic rings. The predicted octanol–water partition coefficient (Wildman–Crippen LogP) is 1.11. The van der Waals surface area contributed by atoms with E-state index in [9.17, 15) is 9.59 Å². The molecule has 4 heteroatoms. The molecule has 15 heavy (non-hydrogen) atoms. The van der Waals surface area contributed by atoms with E-state index in [1.54, 1.807) is 24.3 Å². The maximum Gasteiger partial charge on any atom is 0.272 e. The molecule has 4 nitrogen and oxygen atoms in total. The first-order valence-corrected chi connectivity index (χ1v) is 4.45. The summed E-state index contributed by atoms with van der Waals surface area (Å²) in [5, 5.41) is 8.43. The lowest BCUT2D eigenvalue weighted by Gasteiger charge is -2.21. The number of para-hydroxylation sites is 1. The van der Waals surface area contributed by atoms with Crippen molar-refractivity contribution < 1.29 is 14.3 Å². The fourth-order valence-corrected chi connectivity index (χ4v) is 1.49. The molecule has 74 valence electrons. The molecule has 0 fully saturated rings. The van der Waals surface area contributed by atoms with E-state index < -0.39 is 11.9 Å². The number of ether oxygens (including phenoxy) is 1. The number of nitriles is 1. The van der Waals surface area contributed by atoms with Gasteiger partial charge in [0.15, 0.2) is 11.9 Å². The van der Waals surface area contributed by atoms with Crippen LogP contribution in [0.3, 0.4) is 0 Å². The van der Waals surface area contributed by atoms with Gasteiger partial charge in [-0.15, -0.1) is 0 Å². The molecule has 1 heterocycles. The molecule has 2 rings (SSSR count). The van der Waals surface area contributed by atoms with Crippen molar-refractivity contribution in [3.05, 3.63) is 29.8 Å². The lowest BCUT2D eigenvalue weighted by molar-refractivity contribution is -0.120. The summed E-state index contributed by atoms with van der Waals surface area (Å²) in [7, 11) is 0. The maximum atomic E-state index is 11.6. The third kappa shape index (κ3) is 1.59. The van der Waals surface area contributed by atoms with Crippen LogP contribution in [0.2, 0.25) is 0 Å². The Morgan fingerprint density at radius 3 is 2.93 bits per heavy atom. The van der Waals surface area contributed by atoms with Crippen LogP contribution in [0.1, 0.15) is 16.8 Å². The lowest BCUT2D eigenvalue weighted by atomic mass is 9.99. The van der Waals surface area contributed by atoms with Crippen molar-refractivity contribution in [3.8, 4) is 11.8 Å². The van der Waals surface area contributed by atoms with Crippen molar-refractivity contribution in [3.63, 3.8) is 0 Å². The summed E-state index contributed by atoms with van der Waals surface area (Å²) in [6, 6.07) is 8.17.